The van der Waals surface area contributed by atoms with E-state index in [0.717, 1.165) is 33.2 Å². The van der Waals surface area contributed by atoms with Crippen LogP contribution in [0.15, 0.2) is 104 Å². The lowest BCUT2D eigenvalue weighted by Crippen LogP contribution is -2.43. The molecule has 0 unspecified atom stereocenters. The number of fused-ring (bicyclic) bond motifs is 1. The van der Waals surface area contributed by atoms with E-state index in [-0.39, 0.29) is 12.0 Å². The van der Waals surface area contributed by atoms with Gasteiger partial charge < -0.3 is 9.30 Å². The Labute approximate surface area is 235 Å². The van der Waals surface area contributed by atoms with Crippen molar-refractivity contribution in [2.45, 2.75) is 18.1 Å². The minimum absolute atomic E-state index is 0.195. The zero-order valence-electron chi connectivity index (χ0n) is 20.0. The molecule has 2 aromatic heterocycles. The van der Waals surface area contributed by atoms with E-state index >= 15 is 0 Å². The molecule has 5 aromatic rings. The van der Waals surface area contributed by atoms with Crippen molar-refractivity contribution in [3.63, 3.8) is 0 Å². The van der Waals surface area contributed by atoms with Crippen molar-refractivity contribution in [2.24, 2.45) is 5.92 Å². The second-order valence-corrected chi connectivity index (χ2v) is 10.4. The van der Waals surface area contributed by atoms with E-state index in [1.807, 2.05) is 24.5 Å². The summed E-state index contributed by atoms with van der Waals surface area (Å²) in [5, 5.41) is 0.380. The molecule has 37 heavy (non-hydrogen) atoms. The molecule has 184 valence electrons. The lowest BCUT2D eigenvalue weighted by atomic mass is 9.70. The molecule has 2 atom stereocenters. The van der Waals surface area contributed by atoms with Crippen molar-refractivity contribution in [3.05, 3.63) is 131 Å². The Morgan fingerprint density at radius 1 is 0.865 bits per heavy atom. The SMILES string of the molecule is Clc1ncnc2c1ncn2[C@@H]1C[C+](CI)[C@H]1COC(c1ccccc1)(c1ccccc1)c1ccccc1. The maximum atomic E-state index is 7.17. The maximum absolute atomic E-state index is 7.17. The second-order valence-electron chi connectivity index (χ2n) is 9.25. The third kappa shape index (κ3) is 4.31. The number of ether oxygens (including phenoxy) is 1. The summed E-state index contributed by atoms with van der Waals surface area (Å²) in [6.45, 7) is 0.556. The molecule has 1 fully saturated rings. The molecule has 0 saturated heterocycles. The fraction of sp³-hybridized carbons (Fsp3) is 0.200. The third-order valence-electron chi connectivity index (χ3n) is 7.32. The standard InChI is InChI=1S/C30H25ClIN4O/c31-28-27-29(34-19-33-28)36(20-35-27)26-16-21(17-32)25(26)18-37-30(22-10-4-1-5-11-22,23-12-6-2-7-13-23)24-14-8-3-9-15-24/h1-15,19-20,25-26H,16-18H2/q+1/t25-,26-/m1/s1. The van der Waals surface area contributed by atoms with Crippen molar-refractivity contribution in [1.29, 1.82) is 0 Å². The van der Waals surface area contributed by atoms with Gasteiger partial charge in [-0.3, -0.25) is 0 Å². The monoisotopic (exact) mass is 619 g/mol. The molecule has 5 nitrogen and oxygen atoms in total. The Kier molecular flexibility index (Phi) is 6.88. The fourth-order valence-electron chi connectivity index (χ4n) is 5.40. The summed E-state index contributed by atoms with van der Waals surface area (Å²) in [6.07, 6.45) is 4.31. The van der Waals surface area contributed by atoms with Gasteiger partial charge in [0, 0.05) is 0 Å². The molecule has 0 aliphatic heterocycles. The van der Waals surface area contributed by atoms with E-state index in [0.29, 0.717) is 17.3 Å². The van der Waals surface area contributed by atoms with Gasteiger partial charge in [-0.25, -0.2) is 15.0 Å². The highest BCUT2D eigenvalue weighted by Crippen LogP contribution is 2.50. The number of aromatic nitrogens is 4. The predicted molar refractivity (Wildman–Crippen MR) is 155 cm³/mol. The molecule has 6 rings (SSSR count). The zero-order valence-corrected chi connectivity index (χ0v) is 23.0. The number of hydrogen-bond donors (Lipinski definition) is 0. The molecule has 0 bridgehead atoms. The molecule has 1 aliphatic rings. The van der Waals surface area contributed by atoms with E-state index < -0.39 is 5.60 Å². The third-order valence-corrected chi connectivity index (χ3v) is 8.58. The van der Waals surface area contributed by atoms with Crippen LogP contribution < -0.4 is 0 Å². The number of benzene rings is 3. The number of halogens is 2. The Morgan fingerprint density at radius 3 is 1.97 bits per heavy atom. The summed E-state index contributed by atoms with van der Waals surface area (Å²) >= 11 is 8.76. The molecule has 0 amide bonds. The molecule has 1 aliphatic carbocycles. The Balaban J connectivity index is 1.41. The fourth-order valence-corrected chi connectivity index (χ4v) is 6.45. The summed E-state index contributed by atoms with van der Waals surface area (Å²) in [5.41, 5.74) is 3.97. The number of nitrogens with zero attached hydrogens (tertiary/aromatic N) is 4. The number of imidazole rings is 1. The Bertz CT molecular complexity index is 1380. The van der Waals surface area contributed by atoms with E-state index in [4.69, 9.17) is 16.3 Å². The quantitative estimate of drug-likeness (QED) is 0.0614. The van der Waals surface area contributed by atoms with Gasteiger partial charge in [-0.05, 0) is 39.3 Å². The first-order chi connectivity index (χ1) is 18.2. The van der Waals surface area contributed by atoms with Gasteiger partial charge in [0.25, 0.3) is 0 Å². The molecule has 0 spiro atoms. The van der Waals surface area contributed by atoms with Gasteiger partial charge in [0.2, 0.25) is 0 Å². The Hall–Kier alpha value is -2.94. The summed E-state index contributed by atoms with van der Waals surface area (Å²) in [5.74, 6) is 1.70. The normalized spacial score (nSPS) is 17.6. The predicted octanol–water partition coefficient (Wildman–Crippen LogP) is 7.06. The van der Waals surface area contributed by atoms with Crippen LogP contribution in [0.5, 0.6) is 0 Å². The van der Waals surface area contributed by atoms with Crippen LogP contribution in [0.2, 0.25) is 5.15 Å². The maximum Gasteiger partial charge on any atom is 0.165 e. The highest BCUT2D eigenvalue weighted by molar-refractivity contribution is 14.1. The van der Waals surface area contributed by atoms with Gasteiger partial charge in [0.05, 0.1) is 12.9 Å². The van der Waals surface area contributed by atoms with Crippen molar-refractivity contribution in [3.8, 4) is 0 Å². The lowest BCUT2D eigenvalue weighted by Gasteiger charge is -2.40. The average molecular weight is 620 g/mol. The highest BCUT2D eigenvalue weighted by Gasteiger charge is 2.54. The number of alkyl halides is 1. The van der Waals surface area contributed by atoms with Crippen molar-refractivity contribution in [1.82, 2.24) is 19.5 Å². The van der Waals surface area contributed by atoms with Crippen LogP contribution in [0.1, 0.15) is 29.2 Å². The number of rotatable bonds is 8. The minimum Gasteiger partial charge on any atom is -0.356 e. The van der Waals surface area contributed by atoms with Gasteiger partial charge in [-0.2, -0.15) is 0 Å². The topological polar surface area (TPSA) is 52.8 Å². The molecule has 3 aromatic carbocycles. The average Bonchev–Trinajstić information content (AvgIpc) is 3.37. The molecule has 1 saturated carbocycles. The van der Waals surface area contributed by atoms with Gasteiger partial charge in [-0.1, -0.05) is 103 Å². The summed E-state index contributed by atoms with van der Waals surface area (Å²) < 4.78 is 10.3. The largest absolute Gasteiger partial charge is 0.356 e. The lowest BCUT2D eigenvalue weighted by molar-refractivity contribution is -0.0290. The first-order valence-corrected chi connectivity index (χ1v) is 14.2. The van der Waals surface area contributed by atoms with Crippen LogP contribution in [-0.4, -0.2) is 30.6 Å². The van der Waals surface area contributed by atoms with Gasteiger partial charge in [0.1, 0.15) is 46.2 Å². The summed E-state index contributed by atoms with van der Waals surface area (Å²) in [6, 6.07) is 31.7. The van der Waals surface area contributed by atoms with Crippen LogP contribution in [0.3, 0.4) is 0 Å². The highest BCUT2D eigenvalue weighted by atomic mass is 127. The van der Waals surface area contributed by atoms with Gasteiger partial charge in [0.15, 0.2) is 10.8 Å². The zero-order chi connectivity index (χ0) is 25.2. The van der Waals surface area contributed by atoms with Crippen LogP contribution >= 0.6 is 34.2 Å². The van der Waals surface area contributed by atoms with Crippen LogP contribution in [0.4, 0.5) is 0 Å². The molecule has 0 radical (unpaired) electrons. The van der Waals surface area contributed by atoms with Gasteiger partial charge in [-0.15, -0.1) is 0 Å². The second kappa shape index (κ2) is 10.4. The minimum atomic E-state index is -0.747. The van der Waals surface area contributed by atoms with Crippen molar-refractivity contribution >= 4 is 45.4 Å². The van der Waals surface area contributed by atoms with Crippen molar-refractivity contribution < 1.29 is 4.74 Å². The van der Waals surface area contributed by atoms with Crippen molar-refractivity contribution in [2.75, 3.05) is 11.0 Å². The van der Waals surface area contributed by atoms with Crippen LogP contribution in [0, 0.1) is 11.8 Å². The van der Waals surface area contributed by atoms with E-state index in [1.165, 1.54) is 12.2 Å². The first-order valence-electron chi connectivity index (χ1n) is 12.3. The van der Waals surface area contributed by atoms with Crippen LogP contribution in [-0.2, 0) is 10.3 Å². The molecule has 2 heterocycles. The number of hydrogen-bond acceptors (Lipinski definition) is 4. The first kappa shape index (κ1) is 24.4. The van der Waals surface area contributed by atoms with Crippen LogP contribution in [0.25, 0.3) is 11.2 Å². The van der Waals surface area contributed by atoms with Gasteiger partial charge >= 0.3 is 0 Å². The molecular weight excluding hydrogens is 595 g/mol. The Morgan fingerprint density at radius 2 is 1.43 bits per heavy atom. The van der Waals surface area contributed by atoms with E-state index in [1.54, 1.807) is 0 Å². The molecule has 0 N–H and O–H groups in total. The molecular formula is C30H25ClIN4O+. The smallest absolute Gasteiger partial charge is 0.165 e. The summed E-state index contributed by atoms with van der Waals surface area (Å²) in [4.78, 5) is 13.1. The summed E-state index contributed by atoms with van der Waals surface area (Å²) in [7, 11) is 0. The van der Waals surface area contributed by atoms with E-state index in [9.17, 15) is 0 Å². The molecule has 7 heteroatoms. The van der Waals surface area contributed by atoms with E-state index in [2.05, 4.69) is 115 Å².